The number of rotatable bonds is 7. The second-order valence-electron chi connectivity index (χ2n) is 5.92. The fraction of sp³-hybridized carbons (Fsp3) is 0.526. The van der Waals surface area contributed by atoms with E-state index in [1.807, 2.05) is 24.3 Å². The summed E-state index contributed by atoms with van der Waals surface area (Å²) in [6.07, 6.45) is 12.3. The molecule has 0 saturated heterocycles. The molecule has 0 amide bonds. The van der Waals surface area contributed by atoms with Gasteiger partial charge < -0.3 is 9.47 Å². The van der Waals surface area contributed by atoms with Crippen molar-refractivity contribution in [2.45, 2.75) is 44.9 Å². The Bertz CT molecular complexity index is 470. The molecule has 1 aromatic carbocycles. The third-order valence-electron chi connectivity index (χ3n) is 4.25. The van der Waals surface area contributed by atoms with Crippen molar-refractivity contribution in [1.29, 1.82) is 0 Å². The summed E-state index contributed by atoms with van der Waals surface area (Å²) in [6, 6.07) is 7.56. The third kappa shape index (κ3) is 5.92. The second kappa shape index (κ2) is 9.29. The van der Waals surface area contributed by atoms with Crippen molar-refractivity contribution in [3.05, 3.63) is 35.9 Å². The highest BCUT2D eigenvalue weighted by Crippen LogP contribution is 2.27. The standard InChI is InChI=1S/C19H26O3/c1-21-18-12-9-17(10-13-18)11-14-19(20)22-15-5-8-16-6-3-2-4-7-16/h9-14,16H,2-8,15H2,1H3. The molecule has 0 unspecified atom stereocenters. The molecule has 1 aliphatic rings. The van der Waals surface area contributed by atoms with Gasteiger partial charge in [0.05, 0.1) is 13.7 Å². The van der Waals surface area contributed by atoms with Gasteiger partial charge in [-0.15, -0.1) is 0 Å². The highest BCUT2D eigenvalue weighted by molar-refractivity contribution is 5.87. The summed E-state index contributed by atoms with van der Waals surface area (Å²) in [5.74, 6) is 1.39. The van der Waals surface area contributed by atoms with Gasteiger partial charge in [0.2, 0.25) is 0 Å². The predicted octanol–water partition coefficient (Wildman–Crippen LogP) is 4.61. The Kier molecular flexibility index (Phi) is 7.01. The number of hydrogen-bond donors (Lipinski definition) is 0. The lowest BCUT2D eigenvalue weighted by Gasteiger charge is -2.20. The van der Waals surface area contributed by atoms with Crippen molar-refractivity contribution in [3.8, 4) is 5.75 Å². The molecule has 1 saturated carbocycles. The molecule has 3 nitrogen and oxygen atoms in total. The smallest absolute Gasteiger partial charge is 0.330 e. The first-order valence-electron chi connectivity index (χ1n) is 8.27. The summed E-state index contributed by atoms with van der Waals surface area (Å²) in [7, 11) is 1.63. The molecule has 0 heterocycles. The van der Waals surface area contributed by atoms with E-state index in [9.17, 15) is 4.79 Å². The van der Waals surface area contributed by atoms with Crippen LogP contribution in [0.3, 0.4) is 0 Å². The molecule has 3 heteroatoms. The molecule has 0 spiro atoms. The first-order valence-corrected chi connectivity index (χ1v) is 8.27. The van der Waals surface area contributed by atoms with Crippen LogP contribution in [0.25, 0.3) is 6.08 Å². The number of carbonyl (C=O) groups is 1. The Morgan fingerprint density at radius 2 is 1.91 bits per heavy atom. The number of methoxy groups -OCH3 is 1. The fourth-order valence-electron chi connectivity index (χ4n) is 2.95. The number of carbonyl (C=O) groups excluding carboxylic acids is 1. The van der Waals surface area contributed by atoms with Crippen molar-refractivity contribution < 1.29 is 14.3 Å². The average molecular weight is 302 g/mol. The van der Waals surface area contributed by atoms with Crippen molar-refractivity contribution in [1.82, 2.24) is 0 Å². The van der Waals surface area contributed by atoms with E-state index in [1.54, 1.807) is 13.2 Å². The number of esters is 1. The molecule has 0 bridgehead atoms. The van der Waals surface area contributed by atoms with Crippen LogP contribution in [0.5, 0.6) is 5.75 Å². The largest absolute Gasteiger partial charge is 0.497 e. The molecule has 0 atom stereocenters. The van der Waals surface area contributed by atoms with Gasteiger partial charge in [-0.2, -0.15) is 0 Å². The van der Waals surface area contributed by atoms with Crippen LogP contribution in [0.4, 0.5) is 0 Å². The molecule has 1 aliphatic carbocycles. The summed E-state index contributed by atoms with van der Waals surface area (Å²) in [5, 5.41) is 0. The predicted molar refractivity (Wildman–Crippen MR) is 88.8 cm³/mol. The SMILES string of the molecule is COc1ccc(C=CC(=O)OCCCC2CCCCC2)cc1. The van der Waals surface area contributed by atoms with Gasteiger partial charge in [-0.3, -0.25) is 0 Å². The van der Waals surface area contributed by atoms with Crippen molar-refractivity contribution >= 4 is 12.0 Å². The highest BCUT2D eigenvalue weighted by atomic mass is 16.5. The van der Waals surface area contributed by atoms with E-state index < -0.39 is 0 Å². The molecule has 2 rings (SSSR count). The van der Waals surface area contributed by atoms with Gasteiger partial charge in [0.25, 0.3) is 0 Å². The number of hydrogen-bond acceptors (Lipinski definition) is 3. The van der Waals surface area contributed by atoms with E-state index in [1.165, 1.54) is 44.6 Å². The lowest BCUT2D eigenvalue weighted by atomic mass is 9.86. The molecule has 22 heavy (non-hydrogen) atoms. The Balaban J connectivity index is 1.63. The summed E-state index contributed by atoms with van der Waals surface area (Å²) in [4.78, 5) is 11.7. The minimum absolute atomic E-state index is 0.264. The molecular formula is C19H26O3. The van der Waals surface area contributed by atoms with Gasteiger partial charge in [-0.1, -0.05) is 44.2 Å². The molecule has 0 radical (unpaired) electrons. The average Bonchev–Trinajstić information content (AvgIpc) is 2.58. The molecule has 120 valence electrons. The van der Waals surface area contributed by atoms with E-state index in [-0.39, 0.29) is 5.97 Å². The minimum atomic E-state index is -0.264. The van der Waals surface area contributed by atoms with Crippen molar-refractivity contribution in [2.24, 2.45) is 5.92 Å². The monoisotopic (exact) mass is 302 g/mol. The third-order valence-corrected chi connectivity index (χ3v) is 4.25. The fourth-order valence-corrected chi connectivity index (χ4v) is 2.95. The van der Waals surface area contributed by atoms with Crippen LogP contribution < -0.4 is 4.74 Å². The van der Waals surface area contributed by atoms with Crippen LogP contribution in [0.1, 0.15) is 50.5 Å². The first kappa shape index (κ1) is 16.6. The summed E-state index contributed by atoms with van der Waals surface area (Å²) < 4.78 is 10.3. The van der Waals surface area contributed by atoms with Crippen LogP contribution in [-0.2, 0) is 9.53 Å². The zero-order chi connectivity index (χ0) is 15.6. The first-order chi connectivity index (χ1) is 10.8. The van der Waals surface area contributed by atoms with Crippen LogP contribution in [0.2, 0.25) is 0 Å². The molecule has 0 N–H and O–H groups in total. The molecular weight excluding hydrogens is 276 g/mol. The Morgan fingerprint density at radius 1 is 1.18 bits per heavy atom. The zero-order valence-electron chi connectivity index (χ0n) is 13.4. The lowest BCUT2D eigenvalue weighted by molar-refractivity contribution is -0.137. The van der Waals surface area contributed by atoms with E-state index in [0.29, 0.717) is 6.61 Å². The number of ether oxygens (including phenoxy) is 2. The molecule has 0 aliphatic heterocycles. The quantitative estimate of drug-likeness (QED) is 0.419. The van der Waals surface area contributed by atoms with Gasteiger partial charge >= 0.3 is 5.97 Å². The normalized spacial score (nSPS) is 15.9. The Hall–Kier alpha value is -1.77. The highest BCUT2D eigenvalue weighted by Gasteiger charge is 2.12. The Labute approximate surface area is 133 Å². The maximum Gasteiger partial charge on any atom is 0.330 e. The van der Waals surface area contributed by atoms with E-state index in [0.717, 1.165) is 23.7 Å². The topological polar surface area (TPSA) is 35.5 Å². The van der Waals surface area contributed by atoms with Crippen LogP contribution >= 0.6 is 0 Å². The zero-order valence-corrected chi connectivity index (χ0v) is 13.4. The van der Waals surface area contributed by atoms with Gasteiger partial charge in [0.15, 0.2) is 0 Å². The molecule has 0 aromatic heterocycles. The van der Waals surface area contributed by atoms with Crippen LogP contribution in [0.15, 0.2) is 30.3 Å². The molecule has 1 aromatic rings. The van der Waals surface area contributed by atoms with Crippen molar-refractivity contribution in [3.63, 3.8) is 0 Å². The minimum Gasteiger partial charge on any atom is -0.497 e. The van der Waals surface area contributed by atoms with Crippen molar-refractivity contribution in [2.75, 3.05) is 13.7 Å². The van der Waals surface area contributed by atoms with Crippen LogP contribution in [-0.4, -0.2) is 19.7 Å². The van der Waals surface area contributed by atoms with E-state index in [2.05, 4.69) is 0 Å². The maximum absolute atomic E-state index is 11.7. The van der Waals surface area contributed by atoms with Crippen LogP contribution in [0, 0.1) is 5.92 Å². The van der Waals surface area contributed by atoms with Gasteiger partial charge in [-0.05, 0) is 42.5 Å². The lowest BCUT2D eigenvalue weighted by Crippen LogP contribution is -2.08. The Morgan fingerprint density at radius 3 is 2.59 bits per heavy atom. The summed E-state index contributed by atoms with van der Waals surface area (Å²) in [6.45, 7) is 0.530. The molecule has 1 fully saturated rings. The second-order valence-corrected chi connectivity index (χ2v) is 5.92. The maximum atomic E-state index is 11.7. The summed E-state index contributed by atoms with van der Waals surface area (Å²) in [5.41, 5.74) is 0.958. The van der Waals surface area contributed by atoms with E-state index in [4.69, 9.17) is 9.47 Å². The number of benzene rings is 1. The van der Waals surface area contributed by atoms with Gasteiger partial charge in [0.1, 0.15) is 5.75 Å². The van der Waals surface area contributed by atoms with Gasteiger partial charge in [-0.25, -0.2) is 4.79 Å². The van der Waals surface area contributed by atoms with E-state index >= 15 is 0 Å². The summed E-state index contributed by atoms with van der Waals surface area (Å²) >= 11 is 0. The van der Waals surface area contributed by atoms with Gasteiger partial charge in [0, 0.05) is 6.08 Å².